The average Bonchev–Trinajstić information content (AvgIpc) is 2.77. The van der Waals surface area contributed by atoms with Crippen molar-refractivity contribution in [2.24, 2.45) is 0 Å². The highest BCUT2D eigenvalue weighted by Gasteiger charge is 2.17. The molecule has 0 radical (unpaired) electrons. The third kappa shape index (κ3) is 5.76. The molecule has 1 aromatic heterocycles. The van der Waals surface area contributed by atoms with E-state index >= 15 is 0 Å². The van der Waals surface area contributed by atoms with Gasteiger partial charge in [-0.3, -0.25) is 0 Å². The predicted molar refractivity (Wildman–Crippen MR) is 125 cm³/mol. The van der Waals surface area contributed by atoms with Crippen LogP contribution < -0.4 is 4.74 Å². The molecule has 5 nitrogen and oxygen atoms in total. The van der Waals surface area contributed by atoms with E-state index in [9.17, 15) is 4.79 Å². The lowest BCUT2D eigenvalue weighted by Gasteiger charge is -2.15. The van der Waals surface area contributed by atoms with Gasteiger partial charge in [-0.2, -0.15) is 0 Å². The molecule has 0 fully saturated rings. The van der Waals surface area contributed by atoms with E-state index in [1.807, 2.05) is 56.6 Å². The molecule has 0 amide bonds. The first-order valence-electron chi connectivity index (χ1n) is 9.82. The van der Waals surface area contributed by atoms with Crippen molar-refractivity contribution >= 4 is 29.2 Å². The number of methoxy groups -OCH3 is 1. The summed E-state index contributed by atoms with van der Waals surface area (Å²) in [6.07, 6.45) is 0.870. The van der Waals surface area contributed by atoms with Gasteiger partial charge in [0.05, 0.1) is 24.4 Å². The Morgan fingerprint density at radius 2 is 1.77 bits per heavy atom. The number of hydrogen-bond acceptors (Lipinski definition) is 5. The van der Waals surface area contributed by atoms with Gasteiger partial charge in [0, 0.05) is 28.3 Å². The summed E-state index contributed by atoms with van der Waals surface area (Å²) in [4.78, 5) is 18.8. The molecule has 1 heterocycles. The molecule has 0 unspecified atom stereocenters. The van der Waals surface area contributed by atoms with Gasteiger partial charge in [0.1, 0.15) is 11.4 Å². The zero-order chi connectivity index (χ0) is 22.4. The number of aromatic nitrogens is 1. The van der Waals surface area contributed by atoms with E-state index in [2.05, 4.69) is 9.88 Å². The monoisotopic (exact) mass is 458 g/mol. The minimum Gasteiger partial charge on any atom is -0.492 e. The minimum absolute atomic E-state index is 0.205. The number of rotatable bonds is 8. The van der Waals surface area contributed by atoms with Crippen molar-refractivity contribution in [3.63, 3.8) is 0 Å². The molecular formula is C24H24Cl2N2O3. The third-order valence-electron chi connectivity index (χ3n) is 4.67. The standard InChI is InChI=1S/C24H24Cl2N2O3/c1-28(2)13-6-14-31-22-15-16(9-11-20(22)26)23-18(17-7-4-5-8-19(17)25)10-12-21(27-23)24(29)30-3/h4-5,7-12,15H,6,13-14H2,1-3H3. The van der Waals surface area contributed by atoms with Crippen molar-refractivity contribution in [3.8, 4) is 28.1 Å². The van der Waals surface area contributed by atoms with E-state index in [0.29, 0.717) is 28.1 Å². The van der Waals surface area contributed by atoms with Crippen molar-refractivity contribution in [2.75, 3.05) is 34.4 Å². The number of pyridine rings is 1. The number of esters is 1. The van der Waals surface area contributed by atoms with Crippen LogP contribution in [0, 0.1) is 0 Å². The van der Waals surface area contributed by atoms with Gasteiger partial charge < -0.3 is 14.4 Å². The Kier molecular flexibility index (Phi) is 7.91. The largest absolute Gasteiger partial charge is 0.492 e. The molecule has 7 heteroatoms. The van der Waals surface area contributed by atoms with Gasteiger partial charge in [-0.05, 0) is 50.8 Å². The maximum absolute atomic E-state index is 12.1. The number of hydrogen-bond donors (Lipinski definition) is 0. The summed E-state index contributed by atoms with van der Waals surface area (Å²) in [7, 11) is 5.36. The van der Waals surface area contributed by atoms with Crippen molar-refractivity contribution in [1.29, 1.82) is 0 Å². The zero-order valence-corrected chi connectivity index (χ0v) is 19.2. The Bertz CT molecular complexity index is 1070. The molecule has 0 bridgehead atoms. The number of halogens is 2. The molecule has 0 saturated carbocycles. The van der Waals surface area contributed by atoms with Gasteiger partial charge in [0.25, 0.3) is 0 Å². The van der Waals surface area contributed by atoms with Crippen molar-refractivity contribution in [2.45, 2.75) is 6.42 Å². The first-order valence-corrected chi connectivity index (χ1v) is 10.6. The van der Waals surface area contributed by atoms with Crippen molar-refractivity contribution in [3.05, 3.63) is 70.3 Å². The molecule has 31 heavy (non-hydrogen) atoms. The fourth-order valence-electron chi connectivity index (χ4n) is 3.12. The Labute approximate surface area is 192 Å². The highest BCUT2D eigenvalue weighted by molar-refractivity contribution is 6.33. The molecular weight excluding hydrogens is 435 g/mol. The summed E-state index contributed by atoms with van der Waals surface area (Å²) in [5, 5.41) is 1.10. The van der Waals surface area contributed by atoms with E-state index in [1.54, 1.807) is 12.1 Å². The van der Waals surface area contributed by atoms with Crippen LogP contribution in [0.1, 0.15) is 16.9 Å². The molecule has 2 aromatic carbocycles. The SMILES string of the molecule is COC(=O)c1ccc(-c2ccccc2Cl)c(-c2ccc(Cl)c(OCCCN(C)C)c2)n1. The predicted octanol–water partition coefficient (Wildman–Crippen LogP) is 5.84. The van der Waals surface area contributed by atoms with E-state index in [-0.39, 0.29) is 5.69 Å². The molecule has 3 aromatic rings. The summed E-state index contributed by atoms with van der Waals surface area (Å²) in [5.41, 5.74) is 3.15. The fraction of sp³-hybridized carbons (Fsp3) is 0.250. The maximum atomic E-state index is 12.1. The van der Waals surface area contributed by atoms with Crippen molar-refractivity contribution < 1.29 is 14.3 Å². The quantitative estimate of drug-likeness (QED) is 0.313. The lowest BCUT2D eigenvalue weighted by atomic mass is 9.98. The highest BCUT2D eigenvalue weighted by atomic mass is 35.5. The molecule has 0 spiro atoms. The highest BCUT2D eigenvalue weighted by Crippen LogP contribution is 2.37. The normalized spacial score (nSPS) is 10.9. The molecule has 0 N–H and O–H groups in total. The summed E-state index contributed by atoms with van der Waals surface area (Å²) >= 11 is 12.8. The van der Waals surface area contributed by atoms with Crippen LogP contribution in [-0.4, -0.2) is 50.2 Å². The Morgan fingerprint density at radius 1 is 1.00 bits per heavy atom. The summed E-state index contributed by atoms with van der Waals surface area (Å²) in [6.45, 7) is 1.45. The lowest BCUT2D eigenvalue weighted by Crippen LogP contribution is -2.15. The van der Waals surface area contributed by atoms with Crippen LogP contribution in [-0.2, 0) is 4.74 Å². The lowest BCUT2D eigenvalue weighted by molar-refractivity contribution is 0.0594. The number of carbonyl (C=O) groups is 1. The van der Waals surface area contributed by atoms with E-state index < -0.39 is 5.97 Å². The van der Waals surface area contributed by atoms with Crippen LogP contribution in [0.25, 0.3) is 22.4 Å². The first-order chi connectivity index (χ1) is 14.9. The minimum atomic E-state index is -0.513. The third-order valence-corrected chi connectivity index (χ3v) is 5.31. The second kappa shape index (κ2) is 10.6. The van der Waals surface area contributed by atoms with Gasteiger partial charge in [0.15, 0.2) is 0 Å². The van der Waals surface area contributed by atoms with Crippen LogP contribution in [0.3, 0.4) is 0 Å². The Balaban J connectivity index is 2.04. The number of benzene rings is 2. The molecule has 0 aliphatic heterocycles. The number of carbonyl (C=O) groups excluding carboxylic acids is 1. The molecule has 0 saturated heterocycles. The number of ether oxygens (including phenoxy) is 2. The smallest absolute Gasteiger partial charge is 0.356 e. The Hall–Kier alpha value is -2.60. The topological polar surface area (TPSA) is 51.7 Å². The maximum Gasteiger partial charge on any atom is 0.356 e. The summed E-state index contributed by atoms with van der Waals surface area (Å²) in [6, 6.07) is 16.4. The second-order valence-electron chi connectivity index (χ2n) is 7.21. The molecule has 0 aliphatic carbocycles. The average molecular weight is 459 g/mol. The summed E-state index contributed by atoms with van der Waals surface area (Å²) in [5.74, 6) is 0.0504. The molecule has 0 aliphatic rings. The fourth-order valence-corrected chi connectivity index (χ4v) is 3.53. The van der Waals surface area contributed by atoms with E-state index in [0.717, 1.165) is 29.7 Å². The van der Waals surface area contributed by atoms with Gasteiger partial charge >= 0.3 is 5.97 Å². The van der Waals surface area contributed by atoms with Crippen LogP contribution in [0.15, 0.2) is 54.6 Å². The molecule has 0 atom stereocenters. The summed E-state index contributed by atoms with van der Waals surface area (Å²) < 4.78 is 10.8. The van der Waals surface area contributed by atoms with Gasteiger partial charge in [-0.1, -0.05) is 47.5 Å². The van der Waals surface area contributed by atoms with Gasteiger partial charge in [0.2, 0.25) is 0 Å². The van der Waals surface area contributed by atoms with Gasteiger partial charge in [-0.25, -0.2) is 9.78 Å². The Morgan fingerprint density at radius 3 is 2.48 bits per heavy atom. The second-order valence-corrected chi connectivity index (χ2v) is 8.03. The van der Waals surface area contributed by atoms with Crippen LogP contribution in [0.4, 0.5) is 0 Å². The molecule has 3 rings (SSSR count). The van der Waals surface area contributed by atoms with E-state index in [1.165, 1.54) is 7.11 Å². The van der Waals surface area contributed by atoms with Crippen molar-refractivity contribution in [1.82, 2.24) is 9.88 Å². The number of nitrogens with zero attached hydrogens (tertiary/aromatic N) is 2. The zero-order valence-electron chi connectivity index (χ0n) is 17.7. The van der Waals surface area contributed by atoms with Crippen LogP contribution in [0.2, 0.25) is 10.0 Å². The van der Waals surface area contributed by atoms with E-state index in [4.69, 9.17) is 32.7 Å². The molecule has 162 valence electrons. The van der Waals surface area contributed by atoms with Crippen LogP contribution >= 0.6 is 23.2 Å². The van der Waals surface area contributed by atoms with Gasteiger partial charge in [-0.15, -0.1) is 0 Å². The van der Waals surface area contributed by atoms with Crippen LogP contribution in [0.5, 0.6) is 5.75 Å². The first kappa shape index (κ1) is 23.1.